The highest BCUT2D eigenvalue weighted by Gasteiger charge is 2.22. The molecule has 1 amide bonds. The van der Waals surface area contributed by atoms with Crippen molar-refractivity contribution in [2.24, 2.45) is 0 Å². The van der Waals surface area contributed by atoms with Gasteiger partial charge in [0.05, 0.1) is 6.54 Å². The highest BCUT2D eigenvalue weighted by Crippen LogP contribution is 2.19. The summed E-state index contributed by atoms with van der Waals surface area (Å²) in [5, 5.41) is 3.44. The maximum absolute atomic E-state index is 12.3. The smallest absolute Gasteiger partial charge is 0.242 e. The largest absolute Gasteiger partial charge is 0.339 e. The van der Waals surface area contributed by atoms with Gasteiger partial charge in [-0.2, -0.15) is 0 Å². The Morgan fingerprint density at radius 1 is 1.35 bits per heavy atom. The van der Waals surface area contributed by atoms with Crippen LogP contribution in [0.2, 0.25) is 0 Å². The van der Waals surface area contributed by atoms with Crippen molar-refractivity contribution in [3.05, 3.63) is 18.2 Å². The molecule has 2 heterocycles. The molecule has 0 aromatic carbocycles. The molecule has 0 bridgehead atoms. The van der Waals surface area contributed by atoms with E-state index in [0.717, 1.165) is 38.5 Å². The number of amides is 1. The zero-order valence-electron chi connectivity index (χ0n) is 12.1. The second-order valence-corrected chi connectivity index (χ2v) is 5.81. The van der Waals surface area contributed by atoms with Crippen molar-refractivity contribution in [3.8, 4) is 0 Å². The minimum absolute atomic E-state index is 0.198. The minimum atomic E-state index is 0.198. The number of aromatic nitrogens is 2. The Balaban J connectivity index is 1.53. The lowest BCUT2D eigenvalue weighted by molar-refractivity contribution is -0.133. The van der Waals surface area contributed by atoms with Gasteiger partial charge in [-0.1, -0.05) is 0 Å². The number of piperazine rings is 1. The van der Waals surface area contributed by atoms with Gasteiger partial charge in [0.25, 0.3) is 0 Å². The van der Waals surface area contributed by atoms with E-state index in [1.54, 1.807) is 6.20 Å². The fraction of sp³-hybridized carbons (Fsp3) is 0.714. The number of carbonyl (C=O) groups is 1. The molecule has 1 saturated heterocycles. The fourth-order valence-corrected chi connectivity index (χ4v) is 2.48. The monoisotopic (exact) mass is 277 g/mol. The quantitative estimate of drug-likeness (QED) is 0.817. The molecule has 20 heavy (non-hydrogen) atoms. The second kappa shape index (κ2) is 5.93. The average molecular weight is 277 g/mol. The topological polar surface area (TPSA) is 53.4 Å². The Morgan fingerprint density at radius 3 is 2.80 bits per heavy atom. The van der Waals surface area contributed by atoms with Crippen molar-refractivity contribution in [2.45, 2.75) is 32.0 Å². The van der Waals surface area contributed by atoms with E-state index >= 15 is 0 Å². The van der Waals surface area contributed by atoms with Crippen LogP contribution in [0.4, 0.5) is 0 Å². The molecule has 0 atom stereocenters. The Kier molecular flexibility index (Phi) is 4.03. The SMILES string of the molecule is CN1CCN(C(=O)Cn2ccnc2CNC2CC2)CC1. The van der Waals surface area contributed by atoms with Crippen LogP contribution >= 0.6 is 0 Å². The third-order valence-corrected chi connectivity index (χ3v) is 4.09. The number of hydrogen-bond acceptors (Lipinski definition) is 4. The van der Waals surface area contributed by atoms with E-state index in [0.29, 0.717) is 12.6 Å². The van der Waals surface area contributed by atoms with Gasteiger partial charge in [0.1, 0.15) is 12.4 Å². The molecular formula is C14H23N5O. The predicted octanol–water partition coefficient (Wildman–Crippen LogP) is -0.0909. The van der Waals surface area contributed by atoms with Crippen molar-refractivity contribution in [2.75, 3.05) is 33.2 Å². The van der Waals surface area contributed by atoms with Gasteiger partial charge in [-0.05, 0) is 19.9 Å². The Labute approximate surface area is 119 Å². The minimum Gasteiger partial charge on any atom is -0.339 e. The summed E-state index contributed by atoms with van der Waals surface area (Å²) in [6, 6.07) is 0.661. The molecule has 0 unspecified atom stereocenters. The number of nitrogens with zero attached hydrogens (tertiary/aromatic N) is 4. The maximum atomic E-state index is 12.3. The van der Waals surface area contributed by atoms with Gasteiger partial charge in [0.15, 0.2) is 0 Å². The van der Waals surface area contributed by atoms with E-state index in [2.05, 4.69) is 22.2 Å². The zero-order valence-corrected chi connectivity index (χ0v) is 12.1. The lowest BCUT2D eigenvalue weighted by Crippen LogP contribution is -2.48. The number of imidazole rings is 1. The Bertz CT molecular complexity index is 460. The van der Waals surface area contributed by atoms with Gasteiger partial charge in [-0.3, -0.25) is 4.79 Å². The highest BCUT2D eigenvalue weighted by atomic mass is 16.2. The molecule has 110 valence electrons. The maximum Gasteiger partial charge on any atom is 0.242 e. The molecule has 6 nitrogen and oxygen atoms in total. The Morgan fingerprint density at radius 2 is 2.10 bits per heavy atom. The molecular weight excluding hydrogens is 254 g/mol. The third kappa shape index (κ3) is 3.37. The van der Waals surface area contributed by atoms with Crippen LogP contribution in [0.5, 0.6) is 0 Å². The van der Waals surface area contributed by atoms with Crippen molar-refractivity contribution in [1.29, 1.82) is 0 Å². The first-order valence-corrected chi connectivity index (χ1v) is 7.42. The first-order valence-electron chi connectivity index (χ1n) is 7.42. The van der Waals surface area contributed by atoms with Gasteiger partial charge >= 0.3 is 0 Å². The summed E-state index contributed by atoms with van der Waals surface area (Å²) < 4.78 is 1.97. The number of nitrogens with one attached hydrogen (secondary N) is 1. The van der Waals surface area contributed by atoms with Crippen molar-refractivity contribution < 1.29 is 4.79 Å². The summed E-state index contributed by atoms with van der Waals surface area (Å²) in [6.07, 6.45) is 6.21. The third-order valence-electron chi connectivity index (χ3n) is 4.09. The number of likely N-dealkylation sites (N-methyl/N-ethyl adjacent to an activating group) is 1. The average Bonchev–Trinajstić information content (AvgIpc) is 3.18. The second-order valence-electron chi connectivity index (χ2n) is 5.81. The first kappa shape index (κ1) is 13.6. The van der Waals surface area contributed by atoms with E-state index in [9.17, 15) is 4.79 Å². The summed E-state index contributed by atoms with van der Waals surface area (Å²) in [5.41, 5.74) is 0. The van der Waals surface area contributed by atoms with Gasteiger partial charge in [-0.15, -0.1) is 0 Å². The predicted molar refractivity (Wildman–Crippen MR) is 76.2 cm³/mol. The van der Waals surface area contributed by atoms with E-state index in [-0.39, 0.29) is 5.91 Å². The van der Waals surface area contributed by atoms with Gasteiger partial charge < -0.3 is 19.7 Å². The molecule has 1 saturated carbocycles. The molecule has 1 N–H and O–H groups in total. The van der Waals surface area contributed by atoms with Gasteiger partial charge in [0, 0.05) is 44.6 Å². The van der Waals surface area contributed by atoms with E-state index < -0.39 is 0 Å². The number of carbonyl (C=O) groups excluding carboxylic acids is 1. The number of rotatable bonds is 5. The van der Waals surface area contributed by atoms with Crippen molar-refractivity contribution in [3.63, 3.8) is 0 Å². The summed E-state index contributed by atoms with van der Waals surface area (Å²) in [5.74, 6) is 1.16. The standard InChI is InChI=1S/C14H23N5O/c1-17-6-8-18(9-7-17)14(20)11-19-5-4-15-13(19)10-16-12-2-3-12/h4-5,12,16H,2-3,6-11H2,1H3. The summed E-state index contributed by atoms with van der Waals surface area (Å²) in [6.45, 7) is 4.76. The highest BCUT2D eigenvalue weighted by molar-refractivity contribution is 5.76. The van der Waals surface area contributed by atoms with Crippen LogP contribution in [0.15, 0.2) is 12.4 Å². The van der Waals surface area contributed by atoms with Crippen LogP contribution in [0.1, 0.15) is 18.7 Å². The van der Waals surface area contributed by atoms with Crippen LogP contribution < -0.4 is 5.32 Å². The van der Waals surface area contributed by atoms with Crippen LogP contribution in [0.25, 0.3) is 0 Å². The summed E-state index contributed by atoms with van der Waals surface area (Å²) in [7, 11) is 2.10. The van der Waals surface area contributed by atoms with Crippen LogP contribution in [-0.2, 0) is 17.9 Å². The van der Waals surface area contributed by atoms with Gasteiger partial charge in [-0.25, -0.2) is 4.98 Å². The van der Waals surface area contributed by atoms with Crippen molar-refractivity contribution in [1.82, 2.24) is 24.7 Å². The van der Waals surface area contributed by atoms with E-state index in [1.807, 2.05) is 15.7 Å². The molecule has 3 rings (SSSR count). The first-order chi connectivity index (χ1) is 9.72. The van der Waals surface area contributed by atoms with Crippen LogP contribution in [0.3, 0.4) is 0 Å². The fourth-order valence-electron chi connectivity index (χ4n) is 2.48. The molecule has 0 spiro atoms. The molecule has 1 aromatic rings. The molecule has 6 heteroatoms. The molecule has 0 radical (unpaired) electrons. The van der Waals surface area contributed by atoms with Crippen LogP contribution in [-0.4, -0.2) is 64.5 Å². The number of hydrogen-bond donors (Lipinski definition) is 1. The molecule has 1 aliphatic heterocycles. The molecule has 1 aromatic heterocycles. The van der Waals surface area contributed by atoms with Crippen LogP contribution in [0, 0.1) is 0 Å². The lowest BCUT2D eigenvalue weighted by Gasteiger charge is -2.32. The van der Waals surface area contributed by atoms with Crippen molar-refractivity contribution >= 4 is 5.91 Å². The summed E-state index contributed by atoms with van der Waals surface area (Å²) >= 11 is 0. The van der Waals surface area contributed by atoms with Gasteiger partial charge in [0.2, 0.25) is 5.91 Å². The molecule has 2 aliphatic rings. The lowest BCUT2D eigenvalue weighted by atomic mass is 10.3. The van der Waals surface area contributed by atoms with E-state index in [4.69, 9.17) is 0 Å². The zero-order chi connectivity index (χ0) is 13.9. The normalized spacial score (nSPS) is 20.4. The van der Waals surface area contributed by atoms with E-state index in [1.165, 1.54) is 12.8 Å². The Hall–Kier alpha value is -1.40. The molecule has 1 aliphatic carbocycles. The summed E-state index contributed by atoms with van der Waals surface area (Å²) in [4.78, 5) is 20.9. The molecule has 2 fully saturated rings.